The van der Waals surface area contributed by atoms with E-state index in [0.717, 1.165) is 5.52 Å². The van der Waals surface area contributed by atoms with Crippen LogP contribution in [0.15, 0.2) is 52.1 Å². The monoisotopic (exact) mass is 329 g/mol. The number of benzene rings is 2. The Morgan fingerprint density at radius 1 is 1.30 bits per heavy atom. The minimum absolute atomic E-state index is 0.104. The number of nitrogens with zero attached hydrogens (tertiary/aromatic N) is 2. The van der Waals surface area contributed by atoms with Gasteiger partial charge in [-0.2, -0.15) is 0 Å². The molecular weight excluding hydrogens is 318 g/mol. The van der Waals surface area contributed by atoms with Gasteiger partial charge in [0.1, 0.15) is 5.52 Å². The molecule has 0 aliphatic heterocycles. The van der Waals surface area contributed by atoms with E-state index in [1.54, 1.807) is 6.07 Å². The number of carbonyl (C=O) groups excluding carboxylic acids is 1. The van der Waals surface area contributed by atoms with Crippen molar-refractivity contribution in [2.45, 2.75) is 11.0 Å². The first-order valence-corrected chi connectivity index (χ1v) is 7.58. The number of hydrogen-bond acceptors (Lipinski definition) is 6. The van der Waals surface area contributed by atoms with Gasteiger partial charge >= 0.3 is 0 Å². The zero-order valence-electron chi connectivity index (χ0n) is 11.8. The van der Waals surface area contributed by atoms with Crippen LogP contribution in [0.4, 0.5) is 5.69 Å². The third-order valence-electron chi connectivity index (χ3n) is 3.19. The van der Waals surface area contributed by atoms with Crippen LogP contribution in [0, 0.1) is 10.1 Å². The lowest BCUT2D eigenvalue weighted by atomic mass is 10.1. The molecule has 0 saturated heterocycles. The van der Waals surface area contributed by atoms with E-state index in [1.807, 2.05) is 18.2 Å². The van der Waals surface area contributed by atoms with Gasteiger partial charge in [-0.1, -0.05) is 30.0 Å². The number of rotatable bonds is 5. The standard InChI is InChI=1S/C15H11N3O4S/c16-14(19)9-5-6-10(12(7-9)18(20)21)8-23-15-17-11-3-1-2-4-13(11)22-15/h1-7H,8H2,(H2,16,19). The minimum atomic E-state index is -0.703. The highest BCUT2D eigenvalue weighted by molar-refractivity contribution is 7.98. The first kappa shape index (κ1) is 15.0. The molecule has 0 aliphatic carbocycles. The van der Waals surface area contributed by atoms with Crippen LogP contribution in [0.25, 0.3) is 11.1 Å². The van der Waals surface area contributed by atoms with Crippen LogP contribution in [0.5, 0.6) is 0 Å². The smallest absolute Gasteiger partial charge is 0.274 e. The SMILES string of the molecule is NC(=O)c1ccc(CSc2nc3ccccc3o2)c([N+](=O)[O-])c1. The van der Waals surface area contributed by atoms with Crippen LogP contribution in [0.2, 0.25) is 0 Å². The number of carbonyl (C=O) groups is 1. The van der Waals surface area contributed by atoms with E-state index in [9.17, 15) is 14.9 Å². The molecule has 8 heteroatoms. The van der Waals surface area contributed by atoms with Crippen molar-refractivity contribution in [3.05, 3.63) is 63.7 Å². The molecule has 0 spiro atoms. The molecule has 23 heavy (non-hydrogen) atoms. The summed E-state index contributed by atoms with van der Waals surface area (Å²) >= 11 is 1.25. The number of amides is 1. The topological polar surface area (TPSA) is 112 Å². The van der Waals surface area contributed by atoms with E-state index >= 15 is 0 Å². The van der Waals surface area contributed by atoms with E-state index < -0.39 is 10.8 Å². The summed E-state index contributed by atoms with van der Waals surface area (Å²) in [7, 11) is 0. The molecule has 0 fully saturated rings. The first-order chi connectivity index (χ1) is 11.0. The van der Waals surface area contributed by atoms with Gasteiger partial charge in [0.15, 0.2) is 5.58 Å². The molecular formula is C15H11N3O4S. The minimum Gasteiger partial charge on any atom is -0.431 e. The molecule has 0 aliphatic rings. The second kappa shape index (κ2) is 6.09. The summed E-state index contributed by atoms with van der Waals surface area (Å²) < 4.78 is 5.56. The highest BCUT2D eigenvalue weighted by atomic mass is 32.2. The zero-order chi connectivity index (χ0) is 16.4. The number of aromatic nitrogens is 1. The average Bonchev–Trinajstić information content (AvgIpc) is 2.95. The zero-order valence-corrected chi connectivity index (χ0v) is 12.6. The summed E-state index contributed by atoms with van der Waals surface area (Å²) in [6, 6.07) is 11.5. The number of nitro groups is 1. The summed E-state index contributed by atoms with van der Waals surface area (Å²) in [6.45, 7) is 0. The molecule has 0 radical (unpaired) electrons. The molecule has 2 aromatic carbocycles. The molecule has 1 amide bonds. The molecule has 2 N–H and O–H groups in total. The maximum Gasteiger partial charge on any atom is 0.274 e. The second-order valence-corrected chi connectivity index (χ2v) is 5.63. The van der Waals surface area contributed by atoms with E-state index in [1.165, 1.54) is 30.0 Å². The number of oxazole rings is 1. The van der Waals surface area contributed by atoms with Gasteiger partial charge in [-0.15, -0.1) is 0 Å². The summed E-state index contributed by atoms with van der Waals surface area (Å²) in [5, 5.41) is 11.6. The fourth-order valence-electron chi connectivity index (χ4n) is 2.06. The van der Waals surface area contributed by atoms with Gasteiger partial charge in [0, 0.05) is 22.9 Å². The Hall–Kier alpha value is -2.87. The Bertz CT molecular complexity index is 874. The number of nitrogens with two attached hydrogens (primary N) is 1. The maximum absolute atomic E-state index is 11.2. The first-order valence-electron chi connectivity index (χ1n) is 6.60. The third-order valence-corrected chi connectivity index (χ3v) is 4.07. The molecule has 1 heterocycles. The summed E-state index contributed by atoms with van der Waals surface area (Å²) in [6.07, 6.45) is 0. The number of fused-ring (bicyclic) bond motifs is 1. The van der Waals surface area contributed by atoms with Gasteiger partial charge in [-0.3, -0.25) is 14.9 Å². The molecule has 1 aromatic heterocycles. The van der Waals surface area contributed by atoms with E-state index in [4.69, 9.17) is 10.2 Å². The van der Waals surface area contributed by atoms with Crippen molar-refractivity contribution in [2.24, 2.45) is 5.73 Å². The van der Waals surface area contributed by atoms with Crippen molar-refractivity contribution in [1.82, 2.24) is 4.98 Å². The molecule has 7 nitrogen and oxygen atoms in total. The van der Waals surface area contributed by atoms with Crippen molar-refractivity contribution < 1.29 is 14.1 Å². The van der Waals surface area contributed by atoms with Crippen LogP contribution in [0.1, 0.15) is 15.9 Å². The van der Waals surface area contributed by atoms with Crippen molar-refractivity contribution in [3.8, 4) is 0 Å². The molecule has 3 rings (SSSR count). The molecule has 116 valence electrons. The van der Waals surface area contributed by atoms with Gasteiger partial charge in [0.25, 0.3) is 10.9 Å². The molecule has 0 bridgehead atoms. The van der Waals surface area contributed by atoms with Crippen LogP contribution in [-0.4, -0.2) is 15.8 Å². The summed E-state index contributed by atoms with van der Waals surface area (Å²) in [5.41, 5.74) is 6.96. The Balaban J connectivity index is 1.84. The Kier molecular flexibility index (Phi) is 3.98. The van der Waals surface area contributed by atoms with Crippen LogP contribution >= 0.6 is 11.8 Å². The van der Waals surface area contributed by atoms with Gasteiger partial charge in [-0.05, 0) is 18.2 Å². The predicted octanol–water partition coefficient (Wildman–Crippen LogP) is 3.13. The van der Waals surface area contributed by atoms with Gasteiger partial charge < -0.3 is 10.2 Å². The van der Waals surface area contributed by atoms with Gasteiger partial charge in [0.2, 0.25) is 5.91 Å². The fourth-order valence-corrected chi connectivity index (χ4v) is 2.90. The number of primary amides is 1. The average molecular weight is 329 g/mol. The molecule has 0 atom stereocenters. The van der Waals surface area contributed by atoms with E-state index in [-0.39, 0.29) is 11.3 Å². The van der Waals surface area contributed by atoms with Crippen LogP contribution in [0.3, 0.4) is 0 Å². The second-order valence-electron chi connectivity index (χ2n) is 4.70. The van der Waals surface area contributed by atoms with Crippen molar-refractivity contribution in [2.75, 3.05) is 0 Å². The number of thioether (sulfide) groups is 1. The maximum atomic E-state index is 11.2. The predicted molar refractivity (Wildman–Crippen MR) is 85.2 cm³/mol. The van der Waals surface area contributed by atoms with Gasteiger partial charge in [0.05, 0.1) is 4.92 Å². The Labute approximate surface area is 134 Å². The Morgan fingerprint density at radius 2 is 2.09 bits per heavy atom. The summed E-state index contributed by atoms with van der Waals surface area (Å²) in [5.74, 6) is -0.409. The normalized spacial score (nSPS) is 10.8. The van der Waals surface area contributed by atoms with Crippen LogP contribution in [-0.2, 0) is 5.75 Å². The quantitative estimate of drug-likeness (QED) is 0.437. The van der Waals surface area contributed by atoms with Crippen molar-refractivity contribution in [1.29, 1.82) is 0 Å². The highest BCUT2D eigenvalue weighted by Crippen LogP contribution is 2.30. The highest BCUT2D eigenvalue weighted by Gasteiger charge is 2.17. The molecule has 0 saturated carbocycles. The van der Waals surface area contributed by atoms with Crippen LogP contribution < -0.4 is 5.73 Å². The molecule has 0 unspecified atom stereocenters. The number of para-hydroxylation sites is 2. The number of hydrogen-bond donors (Lipinski definition) is 1. The third kappa shape index (κ3) is 3.16. The lowest BCUT2D eigenvalue weighted by Crippen LogP contribution is -2.11. The lowest BCUT2D eigenvalue weighted by Gasteiger charge is -2.03. The van der Waals surface area contributed by atoms with E-state index in [2.05, 4.69) is 4.98 Å². The fraction of sp³-hybridized carbons (Fsp3) is 0.0667. The van der Waals surface area contributed by atoms with E-state index in [0.29, 0.717) is 22.1 Å². The largest absolute Gasteiger partial charge is 0.431 e. The number of nitro benzene ring substituents is 1. The molecule has 3 aromatic rings. The lowest BCUT2D eigenvalue weighted by molar-refractivity contribution is -0.385. The van der Waals surface area contributed by atoms with Crippen molar-refractivity contribution in [3.63, 3.8) is 0 Å². The Morgan fingerprint density at radius 3 is 2.78 bits per heavy atom. The van der Waals surface area contributed by atoms with Crippen molar-refractivity contribution >= 4 is 34.5 Å². The van der Waals surface area contributed by atoms with Gasteiger partial charge in [-0.25, -0.2) is 4.98 Å². The summed E-state index contributed by atoms with van der Waals surface area (Å²) in [4.78, 5) is 26.1.